The van der Waals surface area contributed by atoms with Crippen molar-refractivity contribution in [1.82, 2.24) is 4.98 Å². The Balaban J connectivity index is 1.79. The normalized spacial score (nSPS) is 11.6. The van der Waals surface area contributed by atoms with E-state index in [0.717, 1.165) is 6.26 Å². The lowest BCUT2D eigenvalue weighted by molar-refractivity contribution is 0.0439. The molecule has 0 unspecified atom stereocenters. The maximum Gasteiger partial charge on any atom is 0.338 e. The van der Waals surface area contributed by atoms with Crippen molar-refractivity contribution in [2.45, 2.75) is 18.4 Å². The molecule has 0 radical (unpaired) electrons. The first-order valence-corrected chi connectivity index (χ1v) is 9.06. The number of hydrogen-bond acceptors (Lipinski definition) is 6. The Bertz CT molecular complexity index is 987. The maximum atomic E-state index is 12.2. The van der Waals surface area contributed by atoms with Crippen LogP contribution >= 0.6 is 0 Å². The molecular weight excluding hydrogens is 330 g/mol. The van der Waals surface area contributed by atoms with E-state index in [9.17, 15) is 13.2 Å². The molecule has 0 aliphatic carbocycles. The lowest BCUT2D eigenvalue weighted by atomic mass is 10.1. The third-order valence-electron chi connectivity index (χ3n) is 3.52. The highest BCUT2D eigenvalue weighted by Crippen LogP contribution is 2.19. The fourth-order valence-electron chi connectivity index (χ4n) is 2.24. The van der Waals surface area contributed by atoms with E-state index in [2.05, 4.69) is 4.98 Å². The summed E-state index contributed by atoms with van der Waals surface area (Å²) in [6.45, 7) is 1.58. The minimum Gasteiger partial charge on any atom is -0.452 e. The molecule has 2 aromatic carbocycles. The zero-order chi connectivity index (χ0) is 17.3. The Kier molecular flexibility index (Phi) is 4.11. The number of sulfone groups is 1. The summed E-state index contributed by atoms with van der Waals surface area (Å²) in [5, 5.41) is 0. The number of hydrogen-bond donors (Lipinski definition) is 0. The second-order valence-electron chi connectivity index (χ2n) is 5.40. The number of nitrogens with zero attached hydrogens (tertiary/aromatic N) is 1. The number of fused-ring (bicyclic) bond motifs is 1. The monoisotopic (exact) mass is 345 g/mol. The molecule has 1 heterocycles. The molecule has 0 amide bonds. The SMILES string of the molecule is Cc1ccc(S(C)(=O)=O)cc1C(=O)OCc1nc2ccccc2o1. The lowest BCUT2D eigenvalue weighted by Crippen LogP contribution is -2.09. The van der Waals surface area contributed by atoms with Crippen molar-refractivity contribution >= 4 is 26.9 Å². The van der Waals surface area contributed by atoms with Crippen LogP contribution in [-0.2, 0) is 21.2 Å². The smallest absolute Gasteiger partial charge is 0.338 e. The first-order chi connectivity index (χ1) is 11.3. The second-order valence-corrected chi connectivity index (χ2v) is 7.42. The fourth-order valence-corrected chi connectivity index (χ4v) is 2.89. The van der Waals surface area contributed by atoms with Crippen molar-refractivity contribution in [2.24, 2.45) is 0 Å². The third-order valence-corrected chi connectivity index (χ3v) is 4.63. The number of benzene rings is 2. The molecule has 0 spiro atoms. The molecule has 0 atom stereocenters. The van der Waals surface area contributed by atoms with Crippen LogP contribution in [0.15, 0.2) is 51.8 Å². The molecule has 124 valence electrons. The van der Waals surface area contributed by atoms with Crippen LogP contribution < -0.4 is 0 Å². The average Bonchev–Trinajstić information content (AvgIpc) is 2.94. The highest BCUT2D eigenvalue weighted by Gasteiger charge is 2.16. The quantitative estimate of drug-likeness (QED) is 0.676. The van der Waals surface area contributed by atoms with Gasteiger partial charge in [-0.05, 0) is 36.8 Å². The highest BCUT2D eigenvalue weighted by molar-refractivity contribution is 7.90. The molecule has 0 aliphatic rings. The van der Waals surface area contributed by atoms with E-state index in [1.54, 1.807) is 25.1 Å². The molecule has 24 heavy (non-hydrogen) atoms. The zero-order valence-corrected chi connectivity index (χ0v) is 14.0. The van der Waals surface area contributed by atoms with Crippen LogP contribution in [0.3, 0.4) is 0 Å². The summed E-state index contributed by atoms with van der Waals surface area (Å²) < 4.78 is 33.9. The molecule has 0 aliphatic heterocycles. The van der Waals surface area contributed by atoms with Gasteiger partial charge >= 0.3 is 5.97 Å². The number of esters is 1. The summed E-state index contributed by atoms with van der Waals surface area (Å²) in [5.74, 6) is -0.346. The van der Waals surface area contributed by atoms with Gasteiger partial charge in [-0.1, -0.05) is 18.2 Å². The van der Waals surface area contributed by atoms with Crippen molar-refractivity contribution in [1.29, 1.82) is 0 Å². The number of para-hydroxylation sites is 2. The van der Waals surface area contributed by atoms with Gasteiger partial charge in [0.15, 0.2) is 22.0 Å². The van der Waals surface area contributed by atoms with Gasteiger partial charge in [0.2, 0.25) is 5.89 Å². The third kappa shape index (κ3) is 3.30. The van der Waals surface area contributed by atoms with Crippen molar-refractivity contribution < 1.29 is 22.4 Å². The summed E-state index contributed by atoms with van der Waals surface area (Å²) in [6.07, 6.45) is 1.09. The van der Waals surface area contributed by atoms with Gasteiger partial charge in [0, 0.05) is 6.26 Å². The van der Waals surface area contributed by atoms with Crippen LogP contribution in [0, 0.1) is 6.92 Å². The van der Waals surface area contributed by atoms with Crippen LogP contribution in [-0.4, -0.2) is 25.6 Å². The van der Waals surface area contributed by atoms with Gasteiger partial charge < -0.3 is 9.15 Å². The predicted octanol–water partition coefficient (Wildman–Crippen LogP) is 2.90. The molecule has 0 N–H and O–H groups in total. The molecule has 0 fully saturated rings. The first kappa shape index (κ1) is 16.2. The van der Waals surface area contributed by atoms with Crippen LogP contribution in [0.25, 0.3) is 11.1 Å². The molecule has 6 nitrogen and oxygen atoms in total. The van der Waals surface area contributed by atoms with E-state index in [1.165, 1.54) is 12.1 Å². The number of carbonyl (C=O) groups is 1. The molecule has 1 aromatic heterocycles. The van der Waals surface area contributed by atoms with Gasteiger partial charge in [0.25, 0.3) is 0 Å². The number of oxazole rings is 1. The van der Waals surface area contributed by atoms with Gasteiger partial charge in [-0.3, -0.25) is 0 Å². The summed E-state index contributed by atoms with van der Waals surface area (Å²) in [4.78, 5) is 16.5. The Hall–Kier alpha value is -2.67. The molecule has 0 saturated heterocycles. The average molecular weight is 345 g/mol. The Morgan fingerprint density at radius 2 is 1.96 bits per heavy atom. The van der Waals surface area contributed by atoms with Crippen molar-refractivity contribution in [3.8, 4) is 0 Å². The Morgan fingerprint density at radius 3 is 2.67 bits per heavy atom. The van der Waals surface area contributed by atoms with E-state index in [-0.39, 0.29) is 23.0 Å². The van der Waals surface area contributed by atoms with Crippen LogP contribution in [0.2, 0.25) is 0 Å². The zero-order valence-electron chi connectivity index (χ0n) is 13.1. The number of rotatable bonds is 4. The van der Waals surface area contributed by atoms with Gasteiger partial charge in [0.05, 0.1) is 10.5 Å². The predicted molar refractivity (Wildman–Crippen MR) is 87.4 cm³/mol. The first-order valence-electron chi connectivity index (χ1n) is 7.17. The van der Waals surface area contributed by atoms with Crippen LogP contribution in [0.1, 0.15) is 21.8 Å². The van der Waals surface area contributed by atoms with Gasteiger partial charge in [0.1, 0.15) is 5.52 Å². The van der Waals surface area contributed by atoms with E-state index < -0.39 is 15.8 Å². The molecule has 3 rings (SSSR count). The van der Waals surface area contributed by atoms with Gasteiger partial charge in [-0.2, -0.15) is 0 Å². The van der Waals surface area contributed by atoms with Gasteiger partial charge in [-0.25, -0.2) is 18.2 Å². The summed E-state index contributed by atoms with van der Waals surface area (Å²) in [6, 6.07) is 11.6. The van der Waals surface area contributed by atoms with E-state index in [0.29, 0.717) is 16.7 Å². The van der Waals surface area contributed by atoms with Crippen LogP contribution in [0.5, 0.6) is 0 Å². The number of ether oxygens (including phenoxy) is 1. The van der Waals surface area contributed by atoms with E-state index >= 15 is 0 Å². The van der Waals surface area contributed by atoms with Crippen molar-refractivity contribution in [3.05, 3.63) is 59.5 Å². The summed E-state index contributed by atoms with van der Waals surface area (Å²) in [7, 11) is -3.40. The Morgan fingerprint density at radius 1 is 1.21 bits per heavy atom. The summed E-state index contributed by atoms with van der Waals surface area (Å²) in [5.41, 5.74) is 2.12. The number of aromatic nitrogens is 1. The summed E-state index contributed by atoms with van der Waals surface area (Å²) >= 11 is 0. The van der Waals surface area contributed by atoms with E-state index in [1.807, 2.05) is 12.1 Å². The number of carbonyl (C=O) groups excluding carboxylic acids is 1. The lowest BCUT2D eigenvalue weighted by Gasteiger charge is -2.07. The maximum absolute atomic E-state index is 12.2. The molecule has 0 bridgehead atoms. The molecule has 0 saturated carbocycles. The number of aryl methyl sites for hydroxylation is 1. The van der Waals surface area contributed by atoms with Crippen molar-refractivity contribution in [3.63, 3.8) is 0 Å². The minimum absolute atomic E-state index is 0.0712. The largest absolute Gasteiger partial charge is 0.452 e. The minimum atomic E-state index is -3.40. The highest BCUT2D eigenvalue weighted by atomic mass is 32.2. The van der Waals surface area contributed by atoms with E-state index in [4.69, 9.17) is 9.15 Å². The van der Waals surface area contributed by atoms with Crippen LogP contribution in [0.4, 0.5) is 0 Å². The van der Waals surface area contributed by atoms with Crippen molar-refractivity contribution in [2.75, 3.05) is 6.26 Å². The van der Waals surface area contributed by atoms with Gasteiger partial charge in [-0.15, -0.1) is 0 Å². The fraction of sp³-hybridized carbons (Fsp3) is 0.176. The standard InChI is InChI=1S/C17H15NO5S/c1-11-7-8-12(24(2,20)21)9-13(11)17(19)22-10-16-18-14-5-3-4-6-15(14)23-16/h3-9H,10H2,1-2H3. The second kappa shape index (κ2) is 6.09. The molecule has 3 aromatic rings. The Labute approximate surface area is 139 Å². The molecule has 7 heteroatoms. The molecular formula is C17H15NO5S. The topological polar surface area (TPSA) is 86.5 Å².